The average molecular weight is 302 g/mol. The third-order valence-electron chi connectivity index (χ3n) is 2.78. The lowest BCUT2D eigenvalue weighted by Crippen LogP contribution is -2.27. The maximum absolute atomic E-state index is 11.9. The maximum atomic E-state index is 11.9. The van der Waals surface area contributed by atoms with E-state index in [4.69, 9.17) is 9.47 Å². The molecule has 2 aromatic rings. The highest BCUT2D eigenvalue weighted by atomic mass is 16.6. The zero-order valence-electron chi connectivity index (χ0n) is 13.0. The fourth-order valence-electron chi connectivity index (χ4n) is 1.92. The lowest BCUT2D eigenvalue weighted by Gasteiger charge is -2.20. The Bertz CT molecular complexity index is 720. The number of nitrogens with one attached hydrogen (secondary N) is 1. The first-order valence-electron chi connectivity index (χ1n) is 6.77. The maximum Gasteiger partial charge on any atom is 0.412 e. The number of methoxy groups -OCH3 is 1. The van der Waals surface area contributed by atoms with E-state index in [1.807, 2.05) is 6.07 Å². The molecule has 1 heterocycles. The Balaban J connectivity index is 2.41. The molecule has 116 valence electrons. The number of amides is 1. The Kier molecular flexibility index (Phi) is 4.30. The van der Waals surface area contributed by atoms with Gasteiger partial charge in [-0.25, -0.2) is 9.59 Å². The van der Waals surface area contributed by atoms with Gasteiger partial charge in [0, 0.05) is 11.6 Å². The number of ether oxygens (including phenoxy) is 2. The largest absolute Gasteiger partial charge is 0.465 e. The molecule has 0 unspecified atom stereocenters. The van der Waals surface area contributed by atoms with Crippen LogP contribution in [0.25, 0.3) is 10.9 Å². The second-order valence-electron chi connectivity index (χ2n) is 5.71. The van der Waals surface area contributed by atoms with Crippen molar-refractivity contribution in [1.82, 2.24) is 4.98 Å². The van der Waals surface area contributed by atoms with Crippen LogP contribution in [0.3, 0.4) is 0 Å². The summed E-state index contributed by atoms with van der Waals surface area (Å²) in [5.41, 5.74) is 0.562. The van der Waals surface area contributed by atoms with E-state index in [0.29, 0.717) is 11.2 Å². The number of benzene rings is 1. The van der Waals surface area contributed by atoms with Crippen molar-refractivity contribution in [3.63, 3.8) is 0 Å². The van der Waals surface area contributed by atoms with Crippen LogP contribution in [-0.4, -0.2) is 29.8 Å². The molecule has 0 spiro atoms. The van der Waals surface area contributed by atoms with Crippen LogP contribution < -0.4 is 5.32 Å². The summed E-state index contributed by atoms with van der Waals surface area (Å²) in [5, 5.41) is 3.35. The highest BCUT2D eigenvalue weighted by molar-refractivity contribution is 6.04. The van der Waals surface area contributed by atoms with Gasteiger partial charge in [-0.1, -0.05) is 6.07 Å². The number of rotatable bonds is 2. The zero-order valence-corrected chi connectivity index (χ0v) is 13.0. The molecular formula is C16H18N2O4. The number of aromatic nitrogens is 1. The molecular weight excluding hydrogens is 284 g/mol. The van der Waals surface area contributed by atoms with E-state index >= 15 is 0 Å². The van der Waals surface area contributed by atoms with Gasteiger partial charge in [0.25, 0.3) is 0 Å². The van der Waals surface area contributed by atoms with Crippen LogP contribution in [0.15, 0.2) is 30.5 Å². The number of anilines is 1. The smallest absolute Gasteiger partial charge is 0.412 e. The van der Waals surface area contributed by atoms with E-state index < -0.39 is 17.7 Å². The van der Waals surface area contributed by atoms with Gasteiger partial charge >= 0.3 is 12.1 Å². The zero-order chi connectivity index (χ0) is 16.3. The Morgan fingerprint density at radius 1 is 1.23 bits per heavy atom. The topological polar surface area (TPSA) is 77.5 Å². The van der Waals surface area contributed by atoms with Crippen molar-refractivity contribution in [3.8, 4) is 0 Å². The Hall–Kier alpha value is -2.63. The highest BCUT2D eigenvalue weighted by Crippen LogP contribution is 2.24. The second-order valence-corrected chi connectivity index (χ2v) is 5.71. The third kappa shape index (κ3) is 3.72. The van der Waals surface area contributed by atoms with E-state index in [9.17, 15) is 9.59 Å². The van der Waals surface area contributed by atoms with Gasteiger partial charge in [-0.05, 0) is 39.0 Å². The predicted octanol–water partition coefficient (Wildman–Crippen LogP) is 3.37. The quantitative estimate of drug-likeness (QED) is 0.861. The molecule has 0 aliphatic carbocycles. The summed E-state index contributed by atoms with van der Waals surface area (Å²) in [6, 6.07) is 6.84. The van der Waals surface area contributed by atoms with Crippen molar-refractivity contribution in [2.45, 2.75) is 26.4 Å². The standard InChI is InChI=1S/C16H18N2O4/c1-16(2,3)22-15(20)18-13-9-12-10(6-5-7-17-12)8-11(13)14(19)21-4/h5-9H,1-4H3,(H,18,20). The molecule has 0 fully saturated rings. The molecule has 1 aromatic heterocycles. The average Bonchev–Trinajstić information content (AvgIpc) is 2.43. The number of hydrogen-bond acceptors (Lipinski definition) is 5. The van der Waals surface area contributed by atoms with Gasteiger partial charge in [-0.3, -0.25) is 10.3 Å². The molecule has 1 N–H and O–H groups in total. The molecule has 1 amide bonds. The lowest BCUT2D eigenvalue weighted by atomic mass is 10.1. The summed E-state index contributed by atoms with van der Waals surface area (Å²) in [6.07, 6.45) is 0.991. The summed E-state index contributed by atoms with van der Waals surface area (Å²) in [4.78, 5) is 28.0. The summed E-state index contributed by atoms with van der Waals surface area (Å²) >= 11 is 0. The number of esters is 1. The number of carbonyl (C=O) groups excluding carboxylic acids is 2. The van der Waals surface area contributed by atoms with Gasteiger partial charge in [-0.2, -0.15) is 0 Å². The van der Waals surface area contributed by atoms with E-state index in [0.717, 1.165) is 5.39 Å². The van der Waals surface area contributed by atoms with Crippen LogP contribution in [0.2, 0.25) is 0 Å². The highest BCUT2D eigenvalue weighted by Gasteiger charge is 2.20. The van der Waals surface area contributed by atoms with Crippen LogP contribution in [0, 0.1) is 0 Å². The minimum Gasteiger partial charge on any atom is -0.465 e. The summed E-state index contributed by atoms with van der Waals surface area (Å²) in [5.74, 6) is -0.545. The lowest BCUT2D eigenvalue weighted by molar-refractivity contribution is 0.0602. The second kappa shape index (κ2) is 6.01. The SMILES string of the molecule is COC(=O)c1cc2cccnc2cc1NC(=O)OC(C)(C)C. The molecule has 1 aromatic carbocycles. The third-order valence-corrected chi connectivity index (χ3v) is 2.78. The molecule has 0 bridgehead atoms. The summed E-state index contributed by atoms with van der Waals surface area (Å²) in [7, 11) is 1.28. The van der Waals surface area contributed by atoms with Crippen molar-refractivity contribution in [2.24, 2.45) is 0 Å². The fraction of sp³-hybridized carbons (Fsp3) is 0.312. The van der Waals surface area contributed by atoms with Crippen molar-refractivity contribution in [2.75, 3.05) is 12.4 Å². The molecule has 22 heavy (non-hydrogen) atoms. The Morgan fingerprint density at radius 2 is 1.95 bits per heavy atom. The minimum atomic E-state index is -0.645. The van der Waals surface area contributed by atoms with E-state index in [-0.39, 0.29) is 5.56 Å². The van der Waals surface area contributed by atoms with Crippen molar-refractivity contribution in [1.29, 1.82) is 0 Å². The van der Waals surface area contributed by atoms with Gasteiger partial charge in [0.2, 0.25) is 0 Å². The summed E-state index contributed by atoms with van der Waals surface area (Å²) in [6.45, 7) is 5.28. The van der Waals surface area contributed by atoms with E-state index in [2.05, 4.69) is 10.3 Å². The summed E-state index contributed by atoms with van der Waals surface area (Å²) < 4.78 is 9.96. The van der Waals surface area contributed by atoms with E-state index in [1.54, 1.807) is 45.2 Å². The molecule has 0 radical (unpaired) electrons. The van der Waals surface area contributed by atoms with E-state index in [1.165, 1.54) is 7.11 Å². The van der Waals surface area contributed by atoms with Crippen LogP contribution >= 0.6 is 0 Å². The number of carbonyl (C=O) groups is 2. The Morgan fingerprint density at radius 3 is 2.59 bits per heavy atom. The van der Waals surface area contributed by atoms with Gasteiger partial charge in [0.05, 0.1) is 23.9 Å². The predicted molar refractivity (Wildman–Crippen MR) is 82.9 cm³/mol. The molecule has 2 rings (SSSR count). The van der Waals surface area contributed by atoms with Gasteiger partial charge in [0.1, 0.15) is 5.60 Å². The fourth-order valence-corrected chi connectivity index (χ4v) is 1.92. The van der Waals surface area contributed by atoms with Crippen LogP contribution in [-0.2, 0) is 9.47 Å². The van der Waals surface area contributed by atoms with Gasteiger partial charge in [-0.15, -0.1) is 0 Å². The monoisotopic (exact) mass is 302 g/mol. The first kappa shape index (κ1) is 15.8. The van der Waals surface area contributed by atoms with Crippen LogP contribution in [0.4, 0.5) is 10.5 Å². The van der Waals surface area contributed by atoms with Crippen LogP contribution in [0.5, 0.6) is 0 Å². The Labute approximate surface area is 128 Å². The van der Waals surface area contributed by atoms with Crippen molar-refractivity contribution >= 4 is 28.7 Å². The molecule has 6 nitrogen and oxygen atoms in total. The van der Waals surface area contributed by atoms with Gasteiger partial charge in [0.15, 0.2) is 0 Å². The molecule has 0 saturated carbocycles. The first-order valence-corrected chi connectivity index (χ1v) is 6.77. The molecule has 6 heteroatoms. The first-order chi connectivity index (χ1) is 10.3. The van der Waals surface area contributed by atoms with Gasteiger partial charge < -0.3 is 9.47 Å². The molecule has 0 atom stereocenters. The minimum absolute atomic E-state index is 0.244. The number of pyridine rings is 1. The molecule has 0 saturated heterocycles. The van der Waals surface area contributed by atoms with Crippen molar-refractivity contribution in [3.05, 3.63) is 36.0 Å². The number of fused-ring (bicyclic) bond motifs is 1. The van der Waals surface area contributed by atoms with Crippen molar-refractivity contribution < 1.29 is 19.1 Å². The normalized spacial score (nSPS) is 11.1. The van der Waals surface area contributed by atoms with Crippen LogP contribution in [0.1, 0.15) is 31.1 Å². The molecule has 0 aliphatic rings. The molecule has 0 aliphatic heterocycles. The number of nitrogens with zero attached hydrogens (tertiary/aromatic N) is 1. The number of hydrogen-bond donors (Lipinski definition) is 1.